The minimum atomic E-state index is -0.125. The first-order chi connectivity index (χ1) is 5.83. The van der Waals surface area contributed by atoms with E-state index in [2.05, 4.69) is 4.74 Å². The lowest BCUT2D eigenvalue weighted by Gasteiger charge is -1.76. The normalized spacial score (nSPS) is 14.0. The van der Waals surface area contributed by atoms with Gasteiger partial charge in [-0.1, -0.05) is 0 Å². The average molecular weight is 180 g/mol. The monoisotopic (exact) mass is 180 g/mol. The maximum atomic E-state index is 7.62. The molecule has 2 N–H and O–H groups in total. The summed E-state index contributed by atoms with van der Waals surface area (Å²) in [6, 6.07) is 0. The van der Waals surface area contributed by atoms with Crippen LogP contribution in [0.5, 0.6) is 0 Å². The molecule has 0 radical (unpaired) electrons. The maximum Gasteiger partial charge on any atom is 0.0662 e. The molecule has 0 amide bonds. The smallest absolute Gasteiger partial charge is 0.0662 e. The largest absolute Gasteiger partial charge is 0.394 e. The van der Waals surface area contributed by atoms with E-state index < -0.39 is 0 Å². The summed E-state index contributed by atoms with van der Waals surface area (Å²) >= 11 is 0. The molecule has 0 aromatic heterocycles. The molecule has 0 bridgehead atoms. The second kappa shape index (κ2) is 17.1. The molecule has 1 rings (SSSR count). The van der Waals surface area contributed by atoms with Crippen LogP contribution in [0.25, 0.3) is 0 Å². The van der Waals surface area contributed by atoms with Gasteiger partial charge in [0.1, 0.15) is 0 Å². The maximum absolute atomic E-state index is 7.62. The van der Waals surface area contributed by atoms with E-state index in [1.54, 1.807) is 14.2 Å². The molecule has 1 aliphatic heterocycles. The fourth-order valence-electron chi connectivity index (χ4n) is 0.510. The third kappa shape index (κ3) is 22.5. The van der Waals surface area contributed by atoms with Gasteiger partial charge in [-0.05, 0) is 12.8 Å². The predicted molar refractivity (Wildman–Crippen MR) is 47.2 cm³/mol. The summed E-state index contributed by atoms with van der Waals surface area (Å²) in [5.41, 5.74) is 0. The molecule has 0 aromatic rings. The molecule has 76 valence electrons. The van der Waals surface area contributed by atoms with Crippen molar-refractivity contribution >= 4 is 0 Å². The van der Waals surface area contributed by atoms with E-state index in [0.29, 0.717) is 0 Å². The Bertz CT molecular complexity index is 45.4. The zero-order valence-corrected chi connectivity index (χ0v) is 7.95. The highest BCUT2D eigenvalue weighted by molar-refractivity contribution is 4.43. The highest BCUT2D eigenvalue weighted by Crippen LogP contribution is 1.98. The lowest BCUT2D eigenvalue weighted by Crippen LogP contribution is -1.85. The van der Waals surface area contributed by atoms with Crippen LogP contribution >= 0.6 is 0 Å². The van der Waals surface area contributed by atoms with Crippen LogP contribution in [0.2, 0.25) is 0 Å². The molecular weight excluding hydrogens is 160 g/mol. The van der Waals surface area contributed by atoms with Gasteiger partial charge in [0.05, 0.1) is 13.2 Å². The minimum absolute atomic E-state index is 0.125. The molecule has 0 atom stereocenters. The van der Waals surface area contributed by atoms with Crippen molar-refractivity contribution in [3.8, 4) is 0 Å². The summed E-state index contributed by atoms with van der Waals surface area (Å²) in [6.45, 7) is 1.75. The van der Waals surface area contributed by atoms with E-state index in [1.165, 1.54) is 12.8 Å². The SMILES string of the molecule is C1CCOC1.COC.OCCO. The molecule has 0 unspecified atom stereocenters. The quantitative estimate of drug-likeness (QED) is 0.597. The lowest BCUT2D eigenvalue weighted by molar-refractivity contribution is 0.186. The first kappa shape index (κ1) is 14.4. The lowest BCUT2D eigenvalue weighted by atomic mass is 10.4. The van der Waals surface area contributed by atoms with Gasteiger partial charge in [-0.3, -0.25) is 0 Å². The molecular formula is C8H20O4. The van der Waals surface area contributed by atoms with Crippen LogP contribution in [-0.4, -0.2) is 50.9 Å². The number of ether oxygens (including phenoxy) is 2. The van der Waals surface area contributed by atoms with Crippen molar-refractivity contribution in [3.63, 3.8) is 0 Å². The highest BCUT2D eigenvalue weighted by atomic mass is 16.5. The number of methoxy groups -OCH3 is 1. The molecule has 1 heterocycles. The van der Waals surface area contributed by atoms with Crippen LogP contribution in [0.3, 0.4) is 0 Å². The Morgan fingerprint density at radius 1 is 1.08 bits per heavy atom. The van der Waals surface area contributed by atoms with Crippen molar-refractivity contribution in [2.75, 3.05) is 40.6 Å². The van der Waals surface area contributed by atoms with Crippen LogP contribution in [-0.2, 0) is 9.47 Å². The minimum Gasteiger partial charge on any atom is -0.394 e. The Morgan fingerprint density at radius 3 is 1.50 bits per heavy atom. The van der Waals surface area contributed by atoms with Crippen molar-refractivity contribution in [1.82, 2.24) is 0 Å². The zero-order valence-electron chi connectivity index (χ0n) is 7.95. The van der Waals surface area contributed by atoms with Crippen molar-refractivity contribution in [2.45, 2.75) is 12.8 Å². The van der Waals surface area contributed by atoms with Crippen LogP contribution in [0.15, 0.2) is 0 Å². The van der Waals surface area contributed by atoms with Crippen LogP contribution in [0.1, 0.15) is 12.8 Å². The molecule has 0 aromatic carbocycles. The van der Waals surface area contributed by atoms with Gasteiger partial charge in [-0.15, -0.1) is 0 Å². The van der Waals surface area contributed by atoms with Gasteiger partial charge < -0.3 is 19.7 Å². The van der Waals surface area contributed by atoms with Crippen LogP contribution in [0.4, 0.5) is 0 Å². The summed E-state index contributed by atoms with van der Waals surface area (Å²) in [5, 5.41) is 15.2. The van der Waals surface area contributed by atoms with E-state index >= 15 is 0 Å². The molecule has 4 heteroatoms. The van der Waals surface area contributed by atoms with Crippen molar-refractivity contribution in [2.24, 2.45) is 0 Å². The Morgan fingerprint density at radius 2 is 1.42 bits per heavy atom. The molecule has 12 heavy (non-hydrogen) atoms. The summed E-state index contributed by atoms with van der Waals surface area (Å²) in [4.78, 5) is 0. The number of hydrogen-bond acceptors (Lipinski definition) is 4. The summed E-state index contributed by atoms with van der Waals surface area (Å²) in [7, 11) is 3.25. The molecule has 0 spiro atoms. The first-order valence-electron chi connectivity index (χ1n) is 4.03. The highest BCUT2D eigenvalue weighted by Gasteiger charge is 1.94. The van der Waals surface area contributed by atoms with Gasteiger partial charge >= 0.3 is 0 Å². The number of hydrogen-bond donors (Lipinski definition) is 2. The van der Waals surface area contributed by atoms with Crippen LogP contribution < -0.4 is 0 Å². The molecule has 1 aliphatic rings. The predicted octanol–water partition coefficient (Wildman–Crippen LogP) is 0.0304. The Balaban J connectivity index is 0. The molecule has 0 saturated carbocycles. The third-order valence-electron chi connectivity index (χ3n) is 0.927. The average Bonchev–Trinajstić information content (AvgIpc) is 2.62. The van der Waals surface area contributed by atoms with Gasteiger partial charge in [-0.25, -0.2) is 0 Å². The number of rotatable bonds is 1. The van der Waals surface area contributed by atoms with Gasteiger partial charge in [-0.2, -0.15) is 0 Å². The summed E-state index contributed by atoms with van der Waals surface area (Å²) in [6.07, 6.45) is 2.56. The van der Waals surface area contributed by atoms with Crippen LogP contribution in [0, 0.1) is 0 Å². The van der Waals surface area contributed by atoms with Gasteiger partial charge in [0.25, 0.3) is 0 Å². The molecule has 0 aliphatic carbocycles. The van der Waals surface area contributed by atoms with E-state index in [4.69, 9.17) is 14.9 Å². The zero-order chi connectivity index (χ0) is 9.66. The molecule has 1 saturated heterocycles. The van der Waals surface area contributed by atoms with E-state index in [0.717, 1.165) is 13.2 Å². The number of aliphatic hydroxyl groups is 2. The van der Waals surface area contributed by atoms with Gasteiger partial charge in [0.15, 0.2) is 0 Å². The fourth-order valence-corrected chi connectivity index (χ4v) is 0.510. The number of aliphatic hydroxyl groups excluding tert-OH is 2. The first-order valence-corrected chi connectivity index (χ1v) is 4.03. The van der Waals surface area contributed by atoms with Gasteiger partial charge in [0, 0.05) is 27.4 Å². The third-order valence-corrected chi connectivity index (χ3v) is 0.927. The molecule has 1 fully saturated rings. The van der Waals surface area contributed by atoms with E-state index in [-0.39, 0.29) is 13.2 Å². The van der Waals surface area contributed by atoms with Crippen molar-refractivity contribution < 1.29 is 19.7 Å². The Kier molecular flexibility index (Phi) is 20.4. The second-order valence-electron chi connectivity index (χ2n) is 2.17. The van der Waals surface area contributed by atoms with Gasteiger partial charge in [0.2, 0.25) is 0 Å². The molecule has 4 nitrogen and oxygen atoms in total. The Labute approximate surface area is 74.1 Å². The van der Waals surface area contributed by atoms with Crippen molar-refractivity contribution in [1.29, 1.82) is 0 Å². The van der Waals surface area contributed by atoms with E-state index in [1.807, 2.05) is 0 Å². The topological polar surface area (TPSA) is 58.9 Å². The standard InChI is InChI=1S/C4H8O.C2H6O2.C2H6O/c1-2-4-5-3-1;3-1-2-4;1-3-2/h1-4H2;3-4H,1-2H2;1-2H3. The second-order valence-corrected chi connectivity index (χ2v) is 2.17. The summed E-state index contributed by atoms with van der Waals surface area (Å²) in [5.74, 6) is 0. The Hall–Kier alpha value is -0.160. The fraction of sp³-hybridized carbons (Fsp3) is 1.00. The van der Waals surface area contributed by atoms with Crippen molar-refractivity contribution in [3.05, 3.63) is 0 Å². The van der Waals surface area contributed by atoms with E-state index in [9.17, 15) is 0 Å². The summed E-state index contributed by atoms with van der Waals surface area (Å²) < 4.78 is 9.19.